The summed E-state index contributed by atoms with van der Waals surface area (Å²) < 4.78 is 5.90. The molecule has 2 heteroatoms. The van der Waals surface area contributed by atoms with Gasteiger partial charge in [-0.2, -0.15) is 5.26 Å². The summed E-state index contributed by atoms with van der Waals surface area (Å²) >= 11 is 0. The van der Waals surface area contributed by atoms with E-state index in [0.29, 0.717) is 17.9 Å². The molecular weight excluding hydrogens is 294 g/mol. The fourth-order valence-corrected chi connectivity index (χ4v) is 2.87. The molecular formula is C22H27NO. The molecule has 0 amide bonds. The Morgan fingerprint density at radius 1 is 0.833 bits per heavy atom. The molecule has 0 saturated heterocycles. The van der Waals surface area contributed by atoms with Crippen LogP contribution in [0.3, 0.4) is 0 Å². The van der Waals surface area contributed by atoms with Gasteiger partial charge in [0.05, 0.1) is 6.61 Å². The van der Waals surface area contributed by atoms with Crippen molar-refractivity contribution in [3.63, 3.8) is 0 Å². The second kappa shape index (κ2) is 10.5. The number of hydrogen-bond acceptors (Lipinski definition) is 2. The maximum Gasteiger partial charge on any atom is 0.137 e. The largest absolute Gasteiger partial charge is 0.492 e. The van der Waals surface area contributed by atoms with E-state index in [0.717, 1.165) is 17.5 Å². The van der Waals surface area contributed by atoms with Gasteiger partial charge in [0, 0.05) is 5.56 Å². The second-order valence-electron chi connectivity index (χ2n) is 6.13. The number of unbranched alkanes of at least 4 members (excludes halogenated alkanes) is 6. The molecule has 0 aliphatic carbocycles. The van der Waals surface area contributed by atoms with E-state index in [9.17, 15) is 5.26 Å². The molecule has 0 aliphatic rings. The van der Waals surface area contributed by atoms with Crippen LogP contribution in [-0.2, 0) is 0 Å². The van der Waals surface area contributed by atoms with Crippen molar-refractivity contribution >= 4 is 0 Å². The molecule has 0 fully saturated rings. The minimum atomic E-state index is 0.631. The Labute approximate surface area is 146 Å². The van der Waals surface area contributed by atoms with Crippen molar-refractivity contribution < 1.29 is 4.74 Å². The molecule has 2 rings (SSSR count). The number of rotatable bonds is 10. The molecule has 0 bridgehead atoms. The lowest BCUT2D eigenvalue weighted by Crippen LogP contribution is -2.00. The second-order valence-corrected chi connectivity index (χ2v) is 6.13. The highest BCUT2D eigenvalue weighted by Gasteiger charge is 2.10. The van der Waals surface area contributed by atoms with E-state index in [1.54, 1.807) is 0 Å². The van der Waals surface area contributed by atoms with Crippen molar-refractivity contribution in [1.82, 2.24) is 0 Å². The van der Waals surface area contributed by atoms with Crippen molar-refractivity contribution in [2.45, 2.75) is 51.9 Å². The molecule has 0 saturated carbocycles. The van der Waals surface area contributed by atoms with Crippen LogP contribution in [0.2, 0.25) is 0 Å². The molecule has 0 unspecified atom stereocenters. The number of benzene rings is 2. The standard InChI is InChI=1S/C22H27NO/c1-2-3-4-5-6-7-11-17-24-22-16-12-15-20(21(22)18-23)19-13-9-8-10-14-19/h8-10,12-16H,2-7,11,17H2,1H3. The normalized spacial score (nSPS) is 10.3. The zero-order chi connectivity index (χ0) is 17.0. The molecule has 2 aromatic rings. The minimum absolute atomic E-state index is 0.631. The highest BCUT2D eigenvalue weighted by molar-refractivity contribution is 5.73. The van der Waals surface area contributed by atoms with E-state index >= 15 is 0 Å². The molecule has 0 aromatic heterocycles. The number of ether oxygens (including phenoxy) is 1. The lowest BCUT2D eigenvalue weighted by molar-refractivity contribution is 0.303. The van der Waals surface area contributed by atoms with E-state index in [-0.39, 0.29) is 0 Å². The number of hydrogen-bond donors (Lipinski definition) is 0. The minimum Gasteiger partial charge on any atom is -0.492 e. The van der Waals surface area contributed by atoms with Gasteiger partial charge in [0.15, 0.2) is 0 Å². The third kappa shape index (κ3) is 5.42. The van der Waals surface area contributed by atoms with E-state index in [1.165, 1.54) is 38.5 Å². The van der Waals surface area contributed by atoms with Crippen LogP contribution in [0.1, 0.15) is 57.4 Å². The summed E-state index contributed by atoms with van der Waals surface area (Å²) in [4.78, 5) is 0. The number of nitriles is 1. The zero-order valence-electron chi connectivity index (χ0n) is 14.6. The van der Waals surface area contributed by atoms with Crippen LogP contribution in [0.4, 0.5) is 0 Å². The summed E-state index contributed by atoms with van der Waals surface area (Å²) in [5.74, 6) is 0.699. The van der Waals surface area contributed by atoms with Gasteiger partial charge in [0.2, 0.25) is 0 Å². The summed E-state index contributed by atoms with van der Waals surface area (Å²) in [7, 11) is 0. The van der Waals surface area contributed by atoms with Crippen molar-refractivity contribution in [3.05, 3.63) is 54.1 Å². The Hall–Kier alpha value is -2.27. The van der Waals surface area contributed by atoms with Gasteiger partial charge in [-0.3, -0.25) is 0 Å². The molecule has 0 heterocycles. The van der Waals surface area contributed by atoms with Crippen molar-refractivity contribution in [2.24, 2.45) is 0 Å². The quantitative estimate of drug-likeness (QED) is 0.477. The molecule has 0 aliphatic heterocycles. The molecule has 2 nitrogen and oxygen atoms in total. The number of nitrogens with zero attached hydrogens (tertiary/aromatic N) is 1. The average molecular weight is 321 g/mol. The van der Waals surface area contributed by atoms with Crippen LogP contribution < -0.4 is 4.74 Å². The molecule has 0 radical (unpaired) electrons. The predicted molar refractivity (Wildman–Crippen MR) is 100 cm³/mol. The van der Waals surface area contributed by atoms with Crippen LogP contribution in [0.15, 0.2) is 48.5 Å². The van der Waals surface area contributed by atoms with Crippen LogP contribution in [0.5, 0.6) is 5.75 Å². The van der Waals surface area contributed by atoms with Gasteiger partial charge in [-0.1, -0.05) is 87.9 Å². The van der Waals surface area contributed by atoms with Gasteiger partial charge >= 0.3 is 0 Å². The lowest BCUT2D eigenvalue weighted by atomic mass is 10.00. The fraction of sp³-hybridized carbons (Fsp3) is 0.409. The summed E-state index contributed by atoms with van der Waals surface area (Å²) in [6.45, 7) is 2.92. The highest BCUT2D eigenvalue weighted by atomic mass is 16.5. The summed E-state index contributed by atoms with van der Waals surface area (Å²) in [6.07, 6.45) is 8.82. The third-order valence-corrected chi connectivity index (χ3v) is 4.23. The monoisotopic (exact) mass is 321 g/mol. The first-order valence-corrected chi connectivity index (χ1v) is 9.08. The maximum absolute atomic E-state index is 9.55. The van der Waals surface area contributed by atoms with Crippen LogP contribution in [0.25, 0.3) is 11.1 Å². The Morgan fingerprint density at radius 2 is 1.54 bits per heavy atom. The molecule has 0 N–H and O–H groups in total. The Bertz CT molecular complexity index is 643. The van der Waals surface area contributed by atoms with Gasteiger partial charge in [-0.05, 0) is 18.1 Å². The predicted octanol–water partition coefficient (Wildman–Crippen LogP) is 6.35. The molecule has 126 valence electrons. The van der Waals surface area contributed by atoms with Gasteiger partial charge in [-0.15, -0.1) is 0 Å². The smallest absolute Gasteiger partial charge is 0.137 e. The third-order valence-electron chi connectivity index (χ3n) is 4.23. The molecule has 24 heavy (non-hydrogen) atoms. The molecule has 0 atom stereocenters. The van der Waals surface area contributed by atoms with E-state index in [2.05, 4.69) is 13.0 Å². The zero-order valence-corrected chi connectivity index (χ0v) is 14.6. The van der Waals surface area contributed by atoms with Crippen LogP contribution in [0, 0.1) is 11.3 Å². The Balaban J connectivity index is 1.89. The average Bonchev–Trinajstić information content (AvgIpc) is 2.64. The van der Waals surface area contributed by atoms with Crippen LogP contribution >= 0.6 is 0 Å². The maximum atomic E-state index is 9.55. The Morgan fingerprint density at radius 3 is 2.25 bits per heavy atom. The van der Waals surface area contributed by atoms with E-state index in [1.807, 2.05) is 48.5 Å². The summed E-state index contributed by atoms with van der Waals surface area (Å²) in [6, 6.07) is 18.2. The summed E-state index contributed by atoms with van der Waals surface area (Å²) in [5, 5.41) is 9.55. The van der Waals surface area contributed by atoms with Crippen LogP contribution in [-0.4, -0.2) is 6.61 Å². The topological polar surface area (TPSA) is 33.0 Å². The SMILES string of the molecule is CCCCCCCCCOc1cccc(-c2ccccc2)c1C#N. The molecule has 0 spiro atoms. The van der Waals surface area contributed by atoms with Gasteiger partial charge in [0.25, 0.3) is 0 Å². The van der Waals surface area contributed by atoms with Gasteiger partial charge < -0.3 is 4.74 Å². The van der Waals surface area contributed by atoms with E-state index in [4.69, 9.17) is 4.74 Å². The first-order valence-electron chi connectivity index (χ1n) is 9.08. The first kappa shape index (κ1) is 18.1. The van der Waals surface area contributed by atoms with Gasteiger partial charge in [-0.25, -0.2) is 0 Å². The van der Waals surface area contributed by atoms with E-state index < -0.39 is 0 Å². The van der Waals surface area contributed by atoms with Gasteiger partial charge in [0.1, 0.15) is 17.4 Å². The van der Waals surface area contributed by atoms with Crippen molar-refractivity contribution in [1.29, 1.82) is 5.26 Å². The van der Waals surface area contributed by atoms with Crippen molar-refractivity contribution in [3.8, 4) is 22.9 Å². The Kier molecular flexibility index (Phi) is 7.90. The van der Waals surface area contributed by atoms with Crippen molar-refractivity contribution in [2.75, 3.05) is 6.61 Å². The summed E-state index contributed by atoms with van der Waals surface area (Å²) in [5.41, 5.74) is 2.62. The first-order chi connectivity index (χ1) is 11.9. The highest BCUT2D eigenvalue weighted by Crippen LogP contribution is 2.30. The fourth-order valence-electron chi connectivity index (χ4n) is 2.87. The molecule has 2 aromatic carbocycles. The lowest BCUT2D eigenvalue weighted by Gasteiger charge is -2.11.